The van der Waals surface area contributed by atoms with E-state index in [9.17, 15) is 27.6 Å². The van der Waals surface area contributed by atoms with Gasteiger partial charge in [0.25, 0.3) is 5.56 Å². The number of ketones is 1. The molecule has 1 aromatic carbocycles. The second-order valence-corrected chi connectivity index (χ2v) is 4.92. The van der Waals surface area contributed by atoms with Crippen molar-refractivity contribution in [3.05, 3.63) is 62.4 Å². The molecular formula is C14H10ClF3N2O3. The smallest absolute Gasteiger partial charge is 0.293 e. The minimum atomic E-state index is -4.83. The Balaban J connectivity index is 2.72. The van der Waals surface area contributed by atoms with Crippen molar-refractivity contribution in [3.63, 3.8) is 0 Å². The van der Waals surface area contributed by atoms with Crippen molar-refractivity contribution in [2.75, 3.05) is 5.88 Å². The van der Waals surface area contributed by atoms with Crippen LogP contribution in [0.1, 0.15) is 16.1 Å². The van der Waals surface area contributed by atoms with Crippen molar-refractivity contribution in [2.24, 2.45) is 7.05 Å². The largest absolute Gasteiger partial charge is 0.431 e. The van der Waals surface area contributed by atoms with E-state index in [-0.39, 0.29) is 17.1 Å². The summed E-state index contributed by atoms with van der Waals surface area (Å²) < 4.78 is 39.3. The number of aromatic nitrogens is 2. The average molecular weight is 347 g/mol. The molecule has 0 atom stereocenters. The molecule has 2 rings (SSSR count). The van der Waals surface area contributed by atoms with Crippen LogP contribution in [0.5, 0.6) is 0 Å². The Bertz CT molecular complexity index is 884. The summed E-state index contributed by atoms with van der Waals surface area (Å²) in [6, 6.07) is 5.71. The van der Waals surface area contributed by atoms with Gasteiger partial charge in [-0.05, 0) is 12.1 Å². The SMILES string of the molecule is Cn1c(C(F)(F)F)cc(=O)n(-c2cccc(C(=O)CCl)c2)c1=O. The monoisotopic (exact) mass is 346 g/mol. The molecule has 2 aromatic rings. The third-order valence-corrected chi connectivity index (χ3v) is 3.40. The molecule has 0 amide bonds. The summed E-state index contributed by atoms with van der Waals surface area (Å²) in [5.41, 5.74) is -3.53. The van der Waals surface area contributed by atoms with Gasteiger partial charge in [-0.15, -0.1) is 11.6 Å². The second-order valence-electron chi connectivity index (χ2n) is 4.65. The van der Waals surface area contributed by atoms with Gasteiger partial charge in [-0.25, -0.2) is 9.36 Å². The lowest BCUT2D eigenvalue weighted by Crippen LogP contribution is -2.40. The molecule has 122 valence electrons. The lowest BCUT2D eigenvalue weighted by molar-refractivity contribution is -0.144. The van der Waals surface area contributed by atoms with E-state index >= 15 is 0 Å². The van der Waals surface area contributed by atoms with E-state index in [2.05, 4.69) is 0 Å². The molecule has 1 heterocycles. The van der Waals surface area contributed by atoms with E-state index in [1.165, 1.54) is 24.3 Å². The Kier molecular flexibility index (Phi) is 4.46. The zero-order valence-electron chi connectivity index (χ0n) is 11.7. The van der Waals surface area contributed by atoms with Crippen LogP contribution in [0.3, 0.4) is 0 Å². The van der Waals surface area contributed by atoms with E-state index in [1.807, 2.05) is 0 Å². The Hall–Kier alpha value is -2.35. The summed E-state index contributed by atoms with van der Waals surface area (Å²) >= 11 is 5.43. The van der Waals surface area contributed by atoms with Gasteiger partial charge in [0, 0.05) is 18.7 Å². The summed E-state index contributed by atoms with van der Waals surface area (Å²) in [6.07, 6.45) is -4.83. The van der Waals surface area contributed by atoms with E-state index < -0.39 is 28.9 Å². The van der Waals surface area contributed by atoms with Crippen LogP contribution in [0.25, 0.3) is 5.69 Å². The van der Waals surface area contributed by atoms with Crippen LogP contribution in [0.2, 0.25) is 0 Å². The van der Waals surface area contributed by atoms with E-state index in [1.54, 1.807) is 0 Å². The van der Waals surface area contributed by atoms with Crippen LogP contribution in [0.15, 0.2) is 39.9 Å². The molecule has 0 aliphatic rings. The summed E-state index contributed by atoms with van der Waals surface area (Å²) in [6.45, 7) is 0. The van der Waals surface area contributed by atoms with Crippen molar-refractivity contribution < 1.29 is 18.0 Å². The maximum atomic E-state index is 12.8. The molecule has 9 heteroatoms. The maximum absolute atomic E-state index is 12.8. The molecule has 0 aliphatic carbocycles. The van der Waals surface area contributed by atoms with Gasteiger partial charge in [0.05, 0.1) is 11.6 Å². The van der Waals surface area contributed by atoms with Gasteiger partial charge in [-0.1, -0.05) is 12.1 Å². The number of carbonyl (C=O) groups excluding carboxylic acids is 1. The average Bonchev–Trinajstić information content (AvgIpc) is 2.49. The van der Waals surface area contributed by atoms with Crippen molar-refractivity contribution >= 4 is 17.4 Å². The highest BCUT2D eigenvalue weighted by Crippen LogP contribution is 2.26. The quantitative estimate of drug-likeness (QED) is 0.630. The number of hydrogen-bond donors (Lipinski definition) is 0. The Morgan fingerprint density at radius 1 is 1.22 bits per heavy atom. The number of halogens is 4. The zero-order chi connectivity index (χ0) is 17.4. The minimum Gasteiger partial charge on any atom is -0.293 e. The first-order valence-corrected chi connectivity index (χ1v) is 6.80. The Morgan fingerprint density at radius 3 is 2.43 bits per heavy atom. The molecule has 23 heavy (non-hydrogen) atoms. The van der Waals surface area contributed by atoms with Crippen LogP contribution in [0, 0.1) is 0 Å². The van der Waals surface area contributed by atoms with Crippen LogP contribution in [-0.2, 0) is 13.2 Å². The highest BCUT2D eigenvalue weighted by molar-refractivity contribution is 6.30. The molecule has 0 spiro atoms. The molecule has 0 saturated carbocycles. The number of Topliss-reactive ketones (excluding diaryl/α,β-unsaturated/α-hetero) is 1. The lowest BCUT2D eigenvalue weighted by Gasteiger charge is -2.14. The van der Waals surface area contributed by atoms with Crippen molar-refractivity contribution in [1.82, 2.24) is 9.13 Å². The lowest BCUT2D eigenvalue weighted by atomic mass is 10.1. The molecule has 5 nitrogen and oxygen atoms in total. The number of rotatable bonds is 3. The third kappa shape index (κ3) is 3.21. The standard InChI is InChI=1S/C14H10ClF3N2O3/c1-19-11(14(16,17)18)6-12(22)20(13(19)23)9-4-2-3-8(5-9)10(21)7-15/h2-6H,7H2,1H3. The number of nitrogens with zero attached hydrogens (tertiary/aromatic N) is 2. The minimum absolute atomic E-state index is 0.0136. The number of carbonyl (C=O) groups is 1. The molecule has 0 N–H and O–H groups in total. The molecule has 0 unspecified atom stereocenters. The first-order valence-electron chi connectivity index (χ1n) is 6.26. The maximum Gasteiger partial charge on any atom is 0.431 e. The van der Waals surface area contributed by atoms with Gasteiger partial charge in [0.1, 0.15) is 5.69 Å². The van der Waals surface area contributed by atoms with Gasteiger partial charge >= 0.3 is 11.9 Å². The molecular weight excluding hydrogens is 337 g/mol. The summed E-state index contributed by atoms with van der Waals surface area (Å²) in [7, 11) is 0.912. The Labute approximate surface area is 132 Å². The fourth-order valence-electron chi connectivity index (χ4n) is 2.03. The van der Waals surface area contributed by atoms with Crippen LogP contribution < -0.4 is 11.2 Å². The fourth-order valence-corrected chi connectivity index (χ4v) is 2.19. The topological polar surface area (TPSA) is 61.1 Å². The van der Waals surface area contributed by atoms with Crippen LogP contribution >= 0.6 is 11.6 Å². The molecule has 0 saturated heterocycles. The summed E-state index contributed by atoms with van der Waals surface area (Å²) in [5.74, 6) is -0.742. The normalized spacial score (nSPS) is 11.5. The summed E-state index contributed by atoms with van der Waals surface area (Å²) in [5, 5.41) is 0. The highest BCUT2D eigenvalue weighted by atomic mass is 35.5. The second kappa shape index (κ2) is 6.04. The molecule has 0 fully saturated rings. The predicted octanol–water partition coefficient (Wildman–Crippen LogP) is 1.98. The van der Waals surface area contributed by atoms with Gasteiger partial charge in [0.15, 0.2) is 5.78 Å². The molecule has 1 aromatic heterocycles. The van der Waals surface area contributed by atoms with Gasteiger partial charge in [0.2, 0.25) is 0 Å². The number of alkyl halides is 4. The van der Waals surface area contributed by atoms with Crippen molar-refractivity contribution in [2.45, 2.75) is 6.18 Å². The summed E-state index contributed by atoms with van der Waals surface area (Å²) in [4.78, 5) is 35.6. The first kappa shape index (κ1) is 17.0. The third-order valence-electron chi connectivity index (χ3n) is 3.16. The van der Waals surface area contributed by atoms with Gasteiger partial charge < -0.3 is 0 Å². The molecule has 0 radical (unpaired) electrons. The van der Waals surface area contributed by atoms with Crippen LogP contribution in [0.4, 0.5) is 13.2 Å². The highest BCUT2D eigenvalue weighted by Gasteiger charge is 2.35. The van der Waals surface area contributed by atoms with E-state index in [4.69, 9.17) is 11.6 Å². The van der Waals surface area contributed by atoms with Crippen molar-refractivity contribution in [1.29, 1.82) is 0 Å². The number of benzene rings is 1. The van der Waals surface area contributed by atoms with Gasteiger partial charge in [-0.3, -0.25) is 14.2 Å². The van der Waals surface area contributed by atoms with E-state index in [0.717, 1.165) is 7.05 Å². The predicted molar refractivity (Wildman–Crippen MR) is 77.3 cm³/mol. The fraction of sp³-hybridized carbons (Fsp3) is 0.214. The molecule has 0 bridgehead atoms. The van der Waals surface area contributed by atoms with Crippen LogP contribution in [-0.4, -0.2) is 20.8 Å². The Morgan fingerprint density at radius 2 is 1.87 bits per heavy atom. The first-order chi connectivity index (χ1) is 10.7. The van der Waals surface area contributed by atoms with Crippen molar-refractivity contribution in [3.8, 4) is 5.69 Å². The van der Waals surface area contributed by atoms with Gasteiger partial charge in [-0.2, -0.15) is 13.2 Å². The van der Waals surface area contributed by atoms with E-state index in [0.29, 0.717) is 15.2 Å². The molecule has 0 aliphatic heterocycles. The number of hydrogen-bond acceptors (Lipinski definition) is 3. The zero-order valence-corrected chi connectivity index (χ0v) is 12.5.